The number of fused-ring (bicyclic) bond motifs is 1. The summed E-state index contributed by atoms with van der Waals surface area (Å²) in [5.41, 5.74) is 3.43. The zero-order valence-corrected chi connectivity index (χ0v) is 16.6. The SMILES string of the molecule is CSc1nc(NCc2ccc(F)cc2-n2cccn2)n2ncc(C(C)C)c2n1. The number of aromatic nitrogens is 6. The first-order chi connectivity index (χ1) is 13.6. The number of thioether (sulfide) groups is 1. The summed E-state index contributed by atoms with van der Waals surface area (Å²) in [4.78, 5) is 9.17. The minimum atomic E-state index is -0.308. The van der Waals surface area contributed by atoms with Crippen molar-refractivity contribution in [2.24, 2.45) is 0 Å². The number of halogens is 1. The van der Waals surface area contributed by atoms with Crippen molar-refractivity contribution in [3.05, 3.63) is 59.8 Å². The Labute approximate surface area is 166 Å². The van der Waals surface area contributed by atoms with Crippen molar-refractivity contribution in [1.29, 1.82) is 0 Å². The second-order valence-electron chi connectivity index (χ2n) is 6.60. The molecule has 9 heteroatoms. The number of benzene rings is 1. The molecule has 0 bridgehead atoms. The van der Waals surface area contributed by atoms with Gasteiger partial charge in [0, 0.05) is 24.5 Å². The average molecular weight is 397 g/mol. The summed E-state index contributed by atoms with van der Waals surface area (Å²) < 4.78 is 17.1. The maximum atomic E-state index is 13.8. The second-order valence-corrected chi connectivity index (χ2v) is 7.37. The standard InChI is InChI=1S/C19H20FN7S/c1-12(2)15-11-23-27-17(15)24-19(28-3)25-18(27)21-10-13-5-6-14(20)9-16(13)26-8-4-7-22-26/h4-9,11-12H,10H2,1-3H3,(H,21,24,25). The molecule has 0 spiro atoms. The van der Waals surface area contributed by atoms with Crippen LogP contribution in [-0.2, 0) is 6.54 Å². The fourth-order valence-corrected chi connectivity index (χ4v) is 3.33. The van der Waals surface area contributed by atoms with Crippen LogP contribution < -0.4 is 5.32 Å². The van der Waals surface area contributed by atoms with Gasteiger partial charge in [0.05, 0.1) is 11.9 Å². The van der Waals surface area contributed by atoms with Crippen molar-refractivity contribution in [3.63, 3.8) is 0 Å². The number of nitrogens with zero attached hydrogens (tertiary/aromatic N) is 6. The highest BCUT2D eigenvalue weighted by Crippen LogP contribution is 2.24. The van der Waals surface area contributed by atoms with Gasteiger partial charge < -0.3 is 5.32 Å². The Balaban J connectivity index is 1.70. The van der Waals surface area contributed by atoms with Crippen LogP contribution in [0.25, 0.3) is 11.3 Å². The minimum absolute atomic E-state index is 0.304. The van der Waals surface area contributed by atoms with Crippen LogP contribution in [0, 0.1) is 5.82 Å². The van der Waals surface area contributed by atoms with Crippen molar-refractivity contribution in [2.75, 3.05) is 11.6 Å². The van der Waals surface area contributed by atoms with E-state index in [0.717, 1.165) is 16.8 Å². The van der Waals surface area contributed by atoms with Gasteiger partial charge in [-0.1, -0.05) is 31.7 Å². The van der Waals surface area contributed by atoms with E-state index in [4.69, 9.17) is 0 Å². The molecule has 28 heavy (non-hydrogen) atoms. The largest absolute Gasteiger partial charge is 0.350 e. The van der Waals surface area contributed by atoms with Gasteiger partial charge in [-0.25, -0.2) is 14.1 Å². The van der Waals surface area contributed by atoms with Crippen molar-refractivity contribution < 1.29 is 4.39 Å². The molecule has 144 valence electrons. The lowest BCUT2D eigenvalue weighted by Crippen LogP contribution is -2.12. The first-order valence-electron chi connectivity index (χ1n) is 8.89. The van der Waals surface area contributed by atoms with Gasteiger partial charge in [0.25, 0.3) is 0 Å². The Morgan fingerprint density at radius 1 is 1.21 bits per heavy atom. The molecule has 1 N–H and O–H groups in total. The van der Waals surface area contributed by atoms with Crippen LogP contribution in [0.4, 0.5) is 10.3 Å². The van der Waals surface area contributed by atoms with Crippen molar-refractivity contribution in [2.45, 2.75) is 31.5 Å². The normalized spacial score (nSPS) is 11.5. The summed E-state index contributed by atoms with van der Waals surface area (Å²) in [6.45, 7) is 4.66. The van der Waals surface area contributed by atoms with E-state index < -0.39 is 0 Å². The first-order valence-corrected chi connectivity index (χ1v) is 10.1. The predicted molar refractivity (Wildman–Crippen MR) is 108 cm³/mol. The molecule has 0 fully saturated rings. The van der Waals surface area contributed by atoms with Gasteiger partial charge in [0.15, 0.2) is 10.8 Å². The molecular weight excluding hydrogens is 377 g/mol. The molecule has 4 aromatic rings. The van der Waals surface area contributed by atoms with Gasteiger partial charge in [-0.05, 0) is 35.9 Å². The second kappa shape index (κ2) is 7.59. The Kier molecular flexibility index (Phi) is 4.99. The van der Waals surface area contributed by atoms with Gasteiger partial charge in [0.2, 0.25) is 5.95 Å². The molecule has 0 saturated carbocycles. The highest BCUT2D eigenvalue weighted by molar-refractivity contribution is 7.98. The molecule has 0 radical (unpaired) electrons. The van der Waals surface area contributed by atoms with E-state index in [1.165, 1.54) is 23.9 Å². The van der Waals surface area contributed by atoms with E-state index in [9.17, 15) is 4.39 Å². The molecule has 0 amide bonds. The number of rotatable bonds is 6. The highest BCUT2D eigenvalue weighted by Gasteiger charge is 2.15. The molecule has 3 heterocycles. The molecule has 0 aliphatic heterocycles. The lowest BCUT2D eigenvalue weighted by Gasteiger charge is -2.13. The van der Waals surface area contributed by atoms with Gasteiger partial charge in [-0.3, -0.25) is 0 Å². The van der Waals surface area contributed by atoms with Crippen LogP contribution in [0.15, 0.2) is 48.0 Å². The van der Waals surface area contributed by atoms with E-state index in [0.29, 0.717) is 29.3 Å². The van der Waals surface area contributed by atoms with E-state index in [2.05, 4.69) is 39.3 Å². The number of hydrogen-bond acceptors (Lipinski definition) is 6. The maximum Gasteiger partial charge on any atom is 0.228 e. The summed E-state index contributed by atoms with van der Waals surface area (Å²) >= 11 is 1.48. The van der Waals surface area contributed by atoms with Crippen molar-refractivity contribution in [3.8, 4) is 5.69 Å². The molecule has 0 aliphatic rings. The van der Waals surface area contributed by atoms with Gasteiger partial charge in [-0.15, -0.1) is 0 Å². The number of anilines is 1. The number of nitrogens with one attached hydrogen (secondary N) is 1. The summed E-state index contributed by atoms with van der Waals surface area (Å²) in [6.07, 6.45) is 7.22. The van der Waals surface area contributed by atoms with Crippen LogP contribution in [0.2, 0.25) is 0 Å². The van der Waals surface area contributed by atoms with E-state index >= 15 is 0 Å². The molecule has 0 atom stereocenters. The molecule has 0 aliphatic carbocycles. The summed E-state index contributed by atoms with van der Waals surface area (Å²) in [5.74, 6) is 0.590. The van der Waals surface area contributed by atoms with E-state index in [1.807, 2.05) is 12.5 Å². The molecule has 0 saturated heterocycles. The van der Waals surface area contributed by atoms with Crippen LogP contribution in [0.1, 0.15) is 30.9 Å². The first kappa shape index (κ1) is 18.4. The van der Waals surface area contributed by atoms with Crippen LogP contribution in [0.3, 0.4) is 0 Å². The average Bonchev–Trinajstić information content (AvgIpc) is 3.36. The van der Waals surface area contributed by atoms with Crippen molar-refractivity contribution >= 4 is 23.4 Å². The molecular formula is C19H20FN7S. The molecule has 7 nitrogen and oxygen atoms in total. The summed E-state index contributed by atoms with van der Waals surface area (Å²) in [7, 11) is 0. The Bertz CT molecular complexity index is 1110. The quantitative estimate of drug-likeness (QED) is 0.498. The number of hydrogen-bond donors (Lipinski definition) is 1. The van der Waals surface area contributed by atoms with E-state index in [-0.39, 0.29) is 5.82 Å². The lowest BCUT2D eigenvalue weighted by molar-refractivity contribution is 0.624. The predicted octanol–water partition coefficient (Wildman–Crippen LogP) is 3.91. The Morgan fingerprint density at radius 2 is 2.07 bits per heavy atom. The van der Waals surface area contributed by atoms with Crippen LogP contribution in [-0.4, -0.2) is 35.6 Å². The lowest BCUT2D eigenvalue weighted by atomic mass is 10.1. The zero-order valence-electron chi connectivity index (χ0n) is 15.8. The third kappa shape index (κ3) is 3.45. The minimum Gasteiger partial charge on any atom is -0.350 e. The van der Waals surface area contributed by atoms with Gasteiger partial charge >= 0.3 is 0 Å². The van der Waals surface area contributed by atoms with Crippen LogP contribution >= 0.6 is 11.8 Å². The topological polar surface area (TPSA) is 72.9 Å². The molecule has 0 unspecified atom stereocenters. The van der Waals surface area contributed by atoms with Crippen LogP contribution in [0.5, 0.6) is 0 Å². The van der Waals surface area contributed by atoms with Gasteiger partial charge in [-0.2, -0.15) is 19.7 Å². The maximum absolute atomic E-state index is 13.8. The fraction of sp³-hybridized carbons (Fsp3) is 0.263. The Morgan fingerprint density at radius 3 is 2.79 bits per heavy atom. The smallest absolute Gasteiger partial charge is 0.228 e. The molecule has 3 aromatic heterocycles. The molecule has 4 rings (SSSR count). The summed E-state index contributed by atoms with van der Waals surface area (Å²) in [6, 6.07) is 6.46. The Hall–Kier alpha value is -2.94. The third-order valence-corrected chi connectivity index (χ3v) is 4.96. The van der Waals surface area contributed by atoms with E-state index in [1.54, 1.807) is 33.7 Å². The molecule has 1 aromatic carbocycles. The summed E-state index contributed by atoms with van der Waals surface area (Å²) in [5, 5.41) is 12.7. The van der Waals surface area contributed by atoms with Gasteiger partial charge in [0.1, 0.15) is 5.82 Å². The zero-order chi connectivity index (χ0) is 19.7. The monoisotopic (exact) mass is 397 g/mol. The fourth-order valence-electron chi connectivity index (χ4n) is 2.97. The third-order valence-electron chi connectivity index (χ3n) is 4.41. The van der Waals surface area contributed by atoms with Crippen molar-refractivity contribution in [1.82, 2.24) is 29.4 Å². The highest BCUT2D eigenvalue weighted by atomic mass is 32.2.